The van der Waals surface area contributed by atoms with Crippen LogP contribution >= 0.6 is 11.6 Å². The van der Waals surface area contributed by atoms with Crippen LogP contribution in [-0.2, 0) is 6.42 Å². The Morgan fingerprint density at radius 3 is 2.59 bits per heavy atom. The minimum Gasteiger partial charge on any atom is -0.369 e. The lowest BCUT2D eigenvalue weighted by Gasteiger charge is -2.23. The van der Waals surface area contributed by atoms with Gasteiger partial charge in [0.1, 0.15) is 16.8 Å². The van der Waals surface area contributed by atoms with Crippen LogP contribution in [0.15, 0.2) is 6.07 Å². The van der Waals surface area contributed by atoms with E-state index in [-0.39, 0.29) is 5.41 Å². The summed E-state index contributed by atoms with van der Waals surface area (Å²) in [4.78, 5) is 8.66. The van der Waals surface area contributed by atoms with E-state index in [0.29, 0.717) is 5.15 Å². The van der Waals surface area contributed by atoms with E-state index in [1.54, 1.807) is 6.07 Å². The Labute approximate surface area is 109 Å². The van der Waals surface area contributed by atoms with E-state index in [9.17, 15) is 0 Å². The van der Waals surface area contributed by atoms with Gasteiger partial charge in [-0.05, 0) is 18.3 Å². The standard InChI is InChI=1S/C13H22ClN3/c1-5-7-11-16-10(14)8-12(17-11)15-9-13(3,4)6-2/h8H,5-7,9H2,1-4H3,(H,15,16,17). The summed E-state index contributed by atoms with van der Waals surface area (Å²) in [5, 5.41) is 3.85. The molecule has 0 radical (unpaired) electrons. The highest BCUT2D eigenvalue weighted by Crippen LogP contribution is 2.21. The van der Waals surface area contributed by atoms with Gasteiger partial charge in [-0.2, -0.15) is 0 Å². The van der Waals surface area contributed by atoms with E-state index in [1.807, 2.05) is 0 Å². The van der Waals surface area contributed by atoms with E-state index in [4.69, 9.17) is 11.6 Å². The van der Waals surface area contributed by atoms with E-state index in [0.717, 1.165) is 37.4 Å². The molecule has 1 heterocycles. The van der Waals surface area contributed by atoms with Gasteiger partial charge in [-0.25, -0.2) is 9.97 Å². The molecular formula is C13H22ClN3. The molecule has 0 bridgehead atoms. The van der Waals surface area contributed by atoms with Gasteiger partial charge in [0.15, 0.2) is 0 Å². The molecule has 0 saturated carbocycles. The molecule has 4 heteroatoms. The quantitative estimate of drug-likeness (QED) is 0.783. The third-order valence-corrected chi connectivity index (χ3v) is 3.11. The van der Waals surface area contributed by atoms with Gasteiger partial charge in [0.05, 0.1) is 0 Å². The fourth-order valence-corrected chi connectivity index (χ4v) is 1.55. The predicted octanol–water partition coefficient (Wildman–Crippen LogP) is 3.93. The first-order chi connectivity index (χ1) is 7.96. The third kappa shape index (κ3) is 4.90. The number of aromatic nitrogens is 2. The van der Waals surface area contributed by atoms with Crippen molar-refractivity contribution < 1.29 is 0 Å². The molecule has 0 unspecified atom stereocenters. The third-order valence-electron chi connectivity index (χ3n) is 2.92. The molecular weight excluding hydrogens is 234 g/mol. The van der Waals surface area contributed by atoms with Crippen LogP contribution in [0.5, 0.6) is 0 Å². The number of anilines is 1. The second-order valence-corrected chi connectivity index (χ2v) is 5.50. The summed E-state index contributed by atoms with van der Waals surface area (Å²) >= 11 is 5.98. The molecule has 1 aromatic heterocycles. The molecule has 0 spiro atoms. The lowest BCUT2D eigenvalue weighted by molar-refractivity contribution is 0.376. The number of nitrogens with one attached hydrogen (secondary N) is 1. The molecule has 0 saturated heterocycles. The second kappa shape index (κ2) is 6.20. The number of rotatable bonds is 6. The largest absolute Gasteiger partial charge is 0.369 e. The van der Waals surface area contributed by atoms with Gasteiger partial charge in [0, 0.05) is 19.0 Å². The van der Waals surface area contributed by atoms with Crippen molar-refractivity contribution in [2.45, 2.75) is 47.0 Å². The summed E-state index contributed by atoms with van der Waals surface area (Å²) in [6, 6.07) is 1.78. The summed E-state index contributed by atoms with van der Waals surface area (Å²) in [5.74, 6) is 1.65. The monoisotopic (exact) mass is 255 g/mol. The summed E-state index contributed by atoms with van der Waals surface area (Å²) in [7, 11) is 0. The molecule has 0 atom stereocenters. The van der Waals surface area contributed by atoms with Crippen molar-refractivity contribution in [3.8, 4) is 0 Å². The van der Waals surface area contributed by atoms with Gasteiger partial charge in [-0.15, -0.1) is 0 Å². The van der Waals surface area contributed by atoms with Crippen molar-refractivity contribution in [2.24, 2.45) is 5.41 Å². The van der Waals surface area contributed by atoms with Gasteiger partial charge in [-0.3, -0.25) is 0 Å². The zero-order valence-corrected chi connectivity index (χ0v) is 11.9. The Kier molecular flexibility index (Phi) is 5.19. The molecule has 1 aromatic rings. The van der Waals surface area contributed by atoms with Gasteiger partial charge in [0.25, 0.3) is 0 Å². The van der Waals surface area contributed by atoms with Crippen LogP contribution in [-0.4, -0.2) is 16.5 Å². The lowest BCUT2D eigenvalue weighted by Crippen LogP contribution is -2.22. The predicted molar refractivity (Wildman–Crippen MR) is 73.6 cm³/mol. The van der Waals surface area contributed by atoms with Crippen molar-refractivity contribution in [3.05, 3.63) is 17.0 Å². The molecule has 0 aliphatic heterocycles. The average Bonchev–Trinajstić information content (AvgIpc) is 2.26. The molecule has 96 valence electrons. The van der Waals surface area contributed by atoms with Gasteiger partial charge >= 0.3 is 0 Å². The molecule has 3 nitrogen and oxygen atoms in total. The summed E-state index contributed by atoms with van der Waals surface area (Å²) in [5.41, 5.74) is 0.266. The Hall–Kier alpha value is -0.830. The highest BCUT2D eigenvalue weighted by atomic mass is 35.5. The molecule has 0 fully saturated rings. The van der Waals surface area contributed by atoms with Crippen LogP contribution < -0.4 is 5.32 Å². The molecule has 0 amide bonds. The van der Waals surface area contributed by atoms with E-state index in [1.165, 1.54) is 0 Å². The highest BCUT2D eigenvalue weighted by Gasteiger charge is 2.15. The smallest absolute Gasteiger partial charge is 0.134 e. The number of hydrogen-bond donors (Lipinski definition) is 1. The first-order valence-corrected chi connectivity index (χ1v) is 6.62. The van der Waals surface area contributed by atoms with E-state index >= 15 is 0 Å². The number of hydrogen-bond acceptors (Lipinski definition) is 3. The Morgan fingerprint density at radius 2 is 2.00 bits per heavy atom. The number of nitrogens with zero attached hydrogens (tertiary/aromatic N) is 2. The Bertz CT molecular complexity index is 364. The van der Waals surface area contributed by atoms with Gasteiger partial charge in [-0.1, -0.05) is 39.3 Å². The minimum atomic E-state index is 0.266. The van der Waals surface area contributed by atoms with Crippen LogP contribution in [0.2, 0.25) is 5.15 Å². The average molecular weight is 256 g/mol. The lowest BCUT2D eigenvalue weighted by atomic mass is 9.90. The van der Waals surface area contributed by atoms with Crippen molar-refractivity contribution in [3.63, 3.8) is 0 Å². The summed E-state index contributed by atoms with van der Waals surface area (Å²) in [6.45, 7) is 9.66. The van der Waals surface area contributed by atoms with Crippen LogP contribution in [0.25, 0.3) is 0 Å². The van der Waals surface area contributed by atoms with Crippen LogP contribution in [0.1, 0.15) is 46.4 Å². The maximum Gasteiger partial charge on any atom is 0.134 e. The molecule has 0 aliphatic carbocycles. The normalized spacial score (nSPS) is 11.6. The van der Waals surface area contributed by atoms with E-state index in [2.05, 4.69) is 43.0 Å². The summed E-state index contributed by atoms with van der Waals surface area (Å²) < 4.78 is 0. The van der Waals surface area contributed by atoms with Crippen LogP contribution in [0.4, 0.5) is 5.82 Å². The zero-order chi connectivity index (χ0) is 12.9. The maximum absolute atomic E-state index is 5.98. The summed E-state index contributed by atoms with van der Waals surface area (Å²) in [6.07, 6.45) is 3.02. The zero-order valence-electron chi connectivity index (χ0n) is 11.2. The fourth-order valence-electron chi connectivity index (χ4n) is 1.35. The van der Waals surface area contributed by atoms with Crippen LogP contribution in [0.3, 0.4) is 0 Å². The first kappa shape index (κ1) is 14.2. The van der Waals surface area contributed by atoms with Crippen molar-refractivity contribution in [1.82, 2.24) is 9.97 Å². The SMILES string of the molecule is CCCc1nc(Cl)cc(NCC(C)(C)CC)n1. The Balaban J connectivity index is 2.70. The van der Waals surface area contributed by atoms with Crippen molar-refractivity contribution in [2.75, 3.05) is 11.9 Å². The number of aryl methyl sites for hydroxylation is 1. The minimum absolute atomic E-state index is 0.266. The maximum atomic E-state index is 5.98. The Morgan fingerprint density at radius 1 is 1.29 bits per heavy atom. The molecule has 0 aliphatic rings. The first-order valence-electron chi connectivity index (χ1n) is 6.24. The van der Waals surface area contributed by atoms with E-state index < -0.39 is 0 Å². The number of halogens is 1. The van der Waals surface area contributed by atoms with Crippen molar-refractivity contribution in [1.29, 1.82) is 0 Å². The fraction of sp³-hybridized carbons (Fsp3) is 0.692. The highest BCUT2D eigenvalue weighted by molar-refractivity contribution is 6.29. The van der Waals surface area contributed by atoms with Gasteiger partial charge < -0.3 is 5.32 Å². The molecule has 0 aromatic carbocycles. The van der Waals surface area contributed by atoms with Gasteiger partial charge in [0.2, 0.25) is 0 Å². The second-order valence-electron chi connectivity index (χ2n) is 5.11. The van der Waals surface area contributed by atoms with Crippen LogP contribution in [0, 0.1) is 5.41 Å². The molecule has 1 N–H and O–H groups in total. The topological polar surface area (TPSA) is 37.8 Å². The van der Waals surface area contributed by atoms with Crippen molar-refractivity contribution >= 4 is 17.4 Å². The molecule has 1 rings (SSSR count). The molecule has 17 heavy (non-hydrogen) atoms.